The first kappa shape index (κ1) is 16.5. The summed E-state index contributed by atoms with van der Waals surface area (Å²) >= 11 is 1.52. The zero-order valence-electron chi connectivity index (χ0n) is 13.3. The number of nitrogens with zero attached hydrogens (tertiary/aromatic N) is 3. The highest BCUT2D eigenvalue weighted by atomic mass is 32.1. The Balaban J connectivity index is 1.87. The monoisotopic (exact) mass is 354 g/mol. The van der Waals surface area contributed by atoms with Gasteiger partial charge in [-0.25, -0.2) is 9.78 Å². The predicted octanol–water partition coefficient (Wildman–Crippen LogP) is 2.75. The summed E-state index contributed by atoms with van der Waals surface area (Å²) in [6.07, 6.45) is 3.23. The summed E-state index contributed by atoms with van der Waals surface area (Å²) in [5, 5.41) is 11.9. The van der Waals surface area contributed by atoms with E-state index in [1.54, 1.807) is 30.5 Å². The summed E-state index contributed by atoms with van der Waals surface area (Å²) in [5.41, 5.74) is 6.98. The fourth-order valence-corrected chi connectivity index (χ4v) is 2.82. The van der Waals surface area contributed by atoms with Crippen molar-refractivity contribution in [1.82, 2.24) is 9.55 Å². The standard InChI is InChI=1S/C17H14N4O3S/c1-23-17(22)16-15(19)11(8-18)9-21(16)12-2-4-13(5-3-12)24-10-14-20-6-7-25-14/h2-7,9H,10,19H2,1H3. The van der Waals surface area contributed by atoms with Gasteiger partial charge in [-0.3, -0.25) is 0 Å². The van der Waals surface area contributed by atoms with Crippen molar-refractivity contribution in [3.05, 3.63) is 58.3 Å². The number of rotatable bonds is 5. The third kappa shape index (κ3) is 3.32. The first-order chi connectivity index (χ1) is 12.1. The molecule has 3 rings (SSSR count). The quantitative estimate of drug-likeness (QED) is 0.707. The lowest BCUT2D eigenvalue weighted by atomic mass is 10.2. The van der Waals surface area contributed by atoms with Crippen LogP contribution in [-0.2, 0) is 11.3 Å². The van der Waals surface area contributed by atoms with Crippen LogP contribution in [0.3, 0.4) is 0 Å². The second-order valence-corrected chi connectivity index (χ2v) is 5.97. The molecule has 8 heteroatoms. The smallest absolute Gasteiger partial charge is 0.357 e. The van der Waals surface area contributed by atoms with Crippen LogP contribution in [0.5, 0.6) is 5.75 Å². The SMILES string of the molecule is COC(=O)c1c(N)c(C#N)cn1-c1ccc(OCc2nccs2)cc1. The van der Waals surface area contributed by atoms with Crippen LogP contribution in [0.4, 0.5) is 5.69 Å². The number of hydrogen-bond donors (Lipinski definition) is 1. The van der Waals surface area contributed by atoms with Crippen molar-refractivity contribution in [2.45, 2.75) is 6.61 Å². The topological polar surface area (TPSA) is 103 Å². The molecule has 126 valence electrons. The van der Waals surface area contributed by atoms with Crippen LogP contribution >= 0.6 is 11.3 Å². The van der Waals surface area contributed by atoms with Gasteiger partial charge in [0.2, 0.25) is 0 Å². The molecule has 0 fully saturated rings. The highest BCUT2D eigenvalue weighted by Crippen LogP contribution is 2.26. The number of anilines is 1. The second kappa shape index (κ2) is 7.07. The first-order valence-corrected chi connectivity index (χ1v) is 8.13. The summed E-state index contributed by atoms with van der Waals surface area (Å²) < 4.78 is 12.0. The number of thiazole rings is 1. The fraction of sp³-hybridized carbons (Fsp3) is 0.118. The molecule has 0 saturated carbocycles. The van der Waals surface area contributed by atoms with Gasteiger partial charge < -0.3 is 19.8 Å². The van der Waals surface area contributed by atoms with Crippen LogP contribution in [0.15, 0.2) is 42.0 Å². The van der Waals surface area contributed by atoms with Gasteiger partial charge in [0.05, 0.1) is 18.4 Å². The molecule has 0 aliphatic carbocycles. The summed E-state index contributed by atoms with van der Waals surface area (Å²) in [6, 6.07) is 9.04. The van der Waals surface area contributed by atoms with Crippen molar-refractivity contribution in [1.29, 1.82) is 5.26 Å². The Hall–Kier alpha value is -3.31. The number of benzene rings is 1. The first-order valence-electron chi connectivity index (χ1n) is 7.25. The van der Waals surface area contributed by atoms with E-state index >= 15 is 0 Å². The van der Waals surface area contributed by atoms with Crippen LogP contribution in [0, 0.1) is 11.3 Å². The van der Waals surface area contributed by atoms with Gasteiger partial charge >= 0.3 is 5.97 Å². The Bertz CT molecular complexity index is 924. The van der Waals surface area contributed by atoms with Crippen LogP contribution < -0.4 is 10.5 Å². The van der Waals surface area contributed by atoms with E-state index in [0.29, 0.717) is 18.0 Å². The number of nitrogen functional groups attached to an aromatic ring is 1. The van der Waals surface area contributed by atoms with Crippen LogP contribution in [0.2, 0.25) is 0 Å². The zero-order valence-corrected chi connectivity index (χ0v) is 14.1. The summed E-state index contributed by atoms with van der Waals surface area (Å²) in [6.45, 7) is 0.388. The van der Waals surface area contributed by atoms with E-state index in [0.717, 1.165) is 5.01 Å². The number of aromatic nitrogens is 2. The third-order valence-corrected chi connectivity index (χ3v) is 4.26. The molecular formula is C17H14N4O3S. The molecule has 2 N–H and O–H groups in total. The van der Waals surface area contributed by atoms with Gasteiger partial charge in [0, 0.05) is 23.5 Å². The lowest BCUT2D eigenvalue weighted by molar-refractivity contribution is 0.0593. The maximum absolute atomic E-state index is 12.0. The van der Waals surface area contributed by atoms with Crippen molar-refractivity contribution in [2.75, 3.05) is 12.8 Å². The Kier molecular flexibility index (Phi) is 4.68. The van der Waals surface area contributed by atoms with E-state index in [9.17, 15) is 4.79 Å². The third-order valence-electron chi connectivity index (χ3n) is 3.50. The molecule has 0 aliphatic heterocycles. The number of nitrogens with two attached hydrogens (primary N) is 1. The second-order valence-electron chi connectivity index (χ2n) is 4.99. The number of hydrogen-bond acceptors (Lipinski definition) is 7. The lowest BCUT2D eigenvalue weighted by Gasteiger charge is -2.10. The van der Waals surface area contributed by atoms with Crippen LogP contribution in [0.1, 0.15) is 21.1 Å². The average molecular weight is 354 g/mol. The van der Waals surface area contributed by atoms with Crippen molar-refractivity contribution in [2.24, 2.45) is 0 Å². The molecule has 0 unspecified atom stereocenters. The Morgan fingerprint density at radius 2 is 2.16 bits per heavy atom. The largest absolute Gasteiger partial charge is 0.486 e. The minimum atomic E-state index is -0.608. The Morgan fingerprint density at radius 1 is 1.40 bits per heavy atom. The van der Waals surface area contributed by atoms with E-state index in [2.05, 4.69) is 4.98 Å². The maximum atomic E-state index is 12.0. The van der Waals surface area contributed by atoms with Crippen molar-refractivity contribution in [3.8, 4) is 17.5 Å². The van der Waals surface area contributed by atoms with Gasteiger partial charge in [0.1, 0.15) is 23.4 Å². The van der Waals surface area contributed by atoms with Crippen LogP contribution in [-0.4, -0.2) is 22.6 Å². The number of nitriles is 1. The normalized spacial score (nSPS) is 10.2. The molecular weight excluding hydrogens is 340 g/mol. The lowest BCUT2D eigenvalue weighted by Crippen LogP contribution is -2.11. The van der Waals surface area contributed by atoms with E-state index in [4.69, 9.17) is 20.5 Å². The van der Waals surface area contributed by atoms with Crippen molar-refractivity contribution in [3.63, 3.8) is 0 Å². The highest BCUT2D eigenvalue weighted by molar-refractivity contribution is 7.09. The fourth-order valence-electron chi connectivity index (χ4n) is 2.29. The van der Waals surface area contributed by atoms with E-state index in [1.807, 2.05) is 11.4 Å². The highest BCUT2D eigenvalue weighted by Gasteiger charge is 2.21. The molecule has 0 spiro atoms. The average Bonchev–Trinajstić information content (AvgIpc) is 3.27. The molecule has 0 bridgehead atoms. The van der Waals surface area contributed by atoms with Crippen molar-refractivity contribution < 1.29 is 14.3 Å². The number of ether oxygens (including phenoxy) is 2. The predicted molar refractivity (Wildman–Crippen MR) is 92.7 cm³/mol. The molecule has 7 nitrogen and oxygen atoms in total. The van der Waals surface area contributed by atoms with Gasteiger partial charge in [-0.15, -0.1) is 11.3 Å². The molecule has 25 heavy (non-hydrogen) atoms. The zero-order chi connectivity index (χ0) is 17.8. The summed E-state index contributed by atoms with van der Waals surface area (Å²) in [7, 11) is 1.26. The molecule has 1 aromatic carbocycles. The molecule has 0 aliphatic rings. The Labute approximate surface area is 147 Å². The van der Waals surface area contributed by atoms with Gasteiger partial charge in [0.25, 0.3) is 0 Å². The molecule has 2 heterocycles. The molecule has 3 aromatic rings. The molecule has 0 saturated heterocycles. The van der Waals surface area contributed by atoms with E-state index in [1.165, 1.54) is 29.2 Å². The minimum Gasteiger partial charge on any atom is -0.486 e. The Morgan fingerprint density at radius 3 is 2.76 bits per heavy atom. The number of methoxy groups -OCH3 is 1. The number of carbonyl (C=O) groups is 1. The number of carbonyl (C=O) groups excluding carboxylic acids is 1. The molecule has 0 radical (unpaired) electrons. The minimum absolute atomic E-state index is 0.0958. The molecule has 2 aromatic heterocycles. The molecule has 0 amide bonds. The van der Waals surface area contributed by atoms with E-state index < -0.39 is 5.97 Å². The van der Waals surface area contributed by atoms with Gasteiger partial charge in [-0.2, -0.15) is 5.26 Å². The van der Waals surface area contributed by atoms with Gasteiger partial charge in [-0.05, 0) is 24.3 Å². The molecule has 0 atom stereocenters. The van der Waals surface area contributed by atoms with Crippen LogP contribution in [0.25, 0.3) is 5.69 Å². The summed E-state index contributed by atoms with van der Waals surface area (Å²) in [4.78, 5) is 16.1. The van der Waals surface area contributed by atoms with E-state index in [-0.39, 0.29) is 16.9 Å². The van der Waals surface area contributed by atoms with Gasteiger partial charge in [-0.1, -0.05) is 0 Å². The van der Waals surface area contributed by atoms with Gasteiger partial charge in [0.15, 0.2) is 5.69 Å². The van der Waals surface area contributed by atoms with Crippen molar-refractivity contribution >= 4 is 23.0 Å². The number of esters is 1. The maximum Gasteiger partial charge on any atom is 0.357 e. The summed E-state index contributed by atoms with van der Waals surface area (Å²) in [5.74, 6) is 0.0577.